The topological polar surface area (TPSA) is 76.4 Å². The molecule has 0 unspecified atom stereocenters. The standard InChI is InChI=1S/C15H27N3O2/c1-14(2,20)12-18(3)10-13(19)17-15(11-16)8-6-4-5-7-9-15/h20H,4-10,12H2,1-3H3,(H,17,19). The lowest BCUT2D eigenvalue weighted by Gasteiger charge is -2.29. The highest BCUT2D eigenvalue weighted by Crippen LogP contribution is 2.26. The largest absolute Gasteiger partial charge is 0.389 e. The molecule has 0 aliphatic heterocycles. The summed E-state index contributed by atoms with van der Waals surface area (Å²) in [5.41, 5.74) is -1.52. The maximum atomic E-state index is 12.1. The van der Waals surface area contributed by atoms with Crippen LogP contribution in [0, 0.1) is 11.3 Å². The molecule has 1 amide bonds. The predicted octanol–water partition coefficient (Wildman–Crippen LogP) is 1.42. The van der Waals surface area contributed by atoms with E-state index in [9.17, 15) is 15.2 Å². The van der Waals surface area contributed by atoms with Crippen molar-refractivity contribution in [1.82, 2.24) is 10.2 Å². The van der Waals surface area contributed by atoms with E-state index < -0.39 is 11.1 Å². The first-order valence-electron chi connectivity index (χ1n) is 7.40. The summed E-state index contributed by atoms with van der Waals surface area (Å²) in [6.07, 6.45) is 5.74. The third-order valence-electron chi connectivity index (χ3n) is 3.62. The third kappa shape index (κ3) is 5.89. The number of carbonyl (C=O) groups is 1. The molecule has 0 bridgehead atoms. The number of nitrogens with zero attached hydrogens (tertiary/aromatic N) is 2. The second-order valence-corrected chi connectivity index (χ2v) is 6.64. The van der Waals surface area contributed by atoms with Gasteiger partial charge in [0.25, 0.3) is 0 Å². The summed E-state index contributed by atoms with van der Waals surface area (Å²) < 4.78 is 0. The predicted molar refractivity (Wildman–Crippen MR) is 78.0 cm³/mol. The fraction of sp³-hybridized carbons (Fsp3) is 0.867. The van der Waals surface area contributed by atoms with Gasteiger partial charge in [-0.2, -0.15) is 5.26 Å². The molecule has 114 valence electrons. The summed E-state index contributed by atoms with van der Waals surface area (Å²) in [7, 11) is 1.80. The van der Waals surface area contributed by atoms with Gasteiger partial charge in [0.2, 0.25) is 5.91 Å². The third-order valence-corrected chi connectivity index (χ3v) is 3.62. The van der Waals surface area contributed by atoms with Crippen LogP contribution in [-0.4, -0.2) is 47.2 Å². The SMILES string of the molecule is CN(CC(=O)NC1(C#N)CCCCCC1)CC(C)(C)O. The molecule has 1 saturated carbocycles. The van der Waals surface area contributed by atoms with Gasteiger partial charge in [-0.15, -0.1) is 0 Å². The van der Waals surface area contributed by atoms with Crippen molar-refractivity contribution in [2.24, 2.45) is 0 Å². The zero-order valence-electron chi connectivity index (χ0n) is 12.9. The van der Waals surface area contributed by atoms with Gasteiger partial charge in [0.15, 0.2) is 0 Å². The molecule has 1 aliphatic carbocycles. The molecule has 0 saturated heterocycles. The molecule has 2 N–H and O–H groups in total. The van der Waals surface area contributed by atoms with Crippen LogP contribution in [0.1, 0.15) is 52.4 Å². The Morgan fingerprint density at radius 1 is 1.35 bits per heavy atom. The zero-order chi connectivity index (χ0) is 15.2. The van der Waals surface area contributed by atoms with Gasteiger partial charge in [-0.3, -0.25) is 9.69 Å². The first kappa shape index (κ1) is 16.9. The Hall–Kier alpha value is -1.12. The lowest BCUT2D eigenvalue weighted by Crippen LogP contribution is -2.51. The highest BCUT2D eigenvalue weighted by atomic mass is 16.3. The quantitative estimate of drug-likeness (QED) is 0.747. The number of hydrogen-bond donors (Lipinski definition) is 2. The Kier molecular flexibility index (Phi) is 5.97. The first-order chi connectivity index (χ1) is 9.26. The van der Waals surface area contributed by atoms with Gasteiger partial charge in [0.1, 0.15) is 5.54 Å². The van der Waals surface area contributed by atoms with Crippen molar-refractivity contribution in [3.05, 3.63) is 0 Å². The second kappa shape index (κ2) is 7.05. The van der Waals surface area contributed by atoms with E-state index in [0.717, 1.165) is 38.5 Å². The van der Waals surface area contributed by atoms with Crippen molar-refractivity contribution in [1.29, 1.82) is 5.26 Å². The van der Waals surface area contributed by atoms with Crippen LogP contribution >= 0.6 is 0 Å². The average Bonchev–Trinajstić information content (AvgIpc) is 2.52. The Bertz CT molecular complexity index is 360. The van der Waals surface area contributed by atoms with E-state index in [-0.39, 0.29) is 12.5 Å². The Morgan fingerprint density at radius 3 is 2.35 bits per heavy atom. The smallest absolute Gasteiger partial charge is 0.235 e. The maximum absolute atomic E-state index is 12.1. The minimum atomic E-state index is -0.829. The highest BCUT2D eigenvalue weighted by molar-refractivity contribution is 5.79. The number of hydrogen-bond acceptors (Lipinski definition) is 4. The molecule has 5 heteroatoms. The summed E-state index contributed by atoms with van der Waals surface area (Å²) in [6.45, 7) is 4.04. The molecule has 0 aromatic carbocycles. The first-order valence-corrected chi connectivity index (χ1v) is 7.40. The molecule has 20 heavy (non-hydrogen) atoms. The second-order valence-electron chi connectivity index (χ2n) is 6.64. The average molecular weight is 281 g/mol. The molecule has 5 nitrogen and oxygen atoms in total. The number of nitrogens with one attached hydrogen (secondary N) is 1. The molecular weight excluding hydrogens is 254 g/mol. The zero-order valence-corrected chi connectivity index (χ0v) is 12.9. The Balaban J connectivity index is 2.53. The van der Waals surface area contributed by atoms with Crippen LogP contribution in [0.15, 0.2) is 0 Å². The van der Waals surface area contributed by atoms with Crippen molar-refractivity contribution in [3.63, 3.8) is 0 Å². The fourth-order valence-electron chi connectivity index (χ4n) is 2.86. The molecule has 0 atom stereocenters. The van der Waals surface area contributed by atoms with Crippen LogP contribution in [0.3, 0.4) is 0 Å². The highest BCUT2D eigenvalue weighted by Gasteiger charge is 2.32. The Labute approximate surface area is 122 Å². The molecule has 0 aromatic rings. The van der Waals surface area contributed by atoms with E-state index in [1.54, 1.807) is 25.8 Å². The van der Waals surface area contributed by atoms with Crippen molar-refractivity contribution in [2.75, 3.05) is 20.1 Å². The van der Waals surface area contributed by atoms with Crippen LogP contribution in [0.4, 0.5) is 0 Å². The summed E-state index contributed by atoms with van der Waals surface area (Å²) in [5.74, 6) is -0.139. The van der Waals surface area contributed by atoms with Gasteiger partial charge in [-0.25, -0.2) is 0 Å². The number of aliphatic hydroxyl groups is 1. The van der Waals surface area contributed by atoms with Gasteiger partial charge in [-0.05, 0) is 33.7 Å². The van der Waals surface area contributed by atoms with Crippen molar-refractivity contribution < 1.29 is 9.90 Å². The van der Waals surface area contributed by atoms with Gasteiger partial charge in [-0.1, -0.05) is 25.7 Å². The van der Waals surface area contributed by atoms with E-state index in [1.807, 2.05) is 0 Å². The molecule has 0 aromatic heterocycles. The Morgan fingerprint density at radius 2 is 1.90 bits per heavy atom. The summed E-state index contributed by atoms with van der Waals surface area (Å²) in [5, 5.41) is 22.1. The molecular formula is C15H27N3O2. The van der Waals surface area contributed by atoms with Crippen molar-refractivity contribution in [2.45, 2.75) is 63.5 Å². The molecule has 0 spiro atoms. The van der Waals surface area contributed by atoms with Crippen LogP contribution in [-0.2, 0) is 4.79 Å². The van der Waals surface area contributed by atoms with Crippen molar-refractivity contribution in [3.8, 4) is 6.07 Å². The molecule has 1 aliphatic rings. The minimum absolute atomic E-state index is 0.139. The molecule has 0 heterocycles. The lowest BCUT2D eigenvalue weighted by atomic mass is 9.92. The number of likely N-dealkylation sites (N-methyl/N-ethyl adjacent to an activating group) is 1. The lowest BCUT2D eigenvalue weighted by molar-refractivity contribution is -0.124. The van der Waals surface area contributed by atoms with E-state index in [4.69, 9.17) is 0 Å². The van der Waals surface area contributed by atoms with Gasteiger partial charge < -0.3 is 10.4 Å². The molecule has 1 rings (SSSR count). The molecule has 0 radical (unpaired) electrons. The van der Waals surface area contributed by atoms with E-state index >= 15 is 0 Å². The summed E-state index contributed by atoms with van der Waals surface area (Å²) >= 11 is 0. The normalized spacial score (nSPS) is 19.2. The van der Waals surface area contributed by atoms with Crippen LogP contribution in [0.5, 0.6) is 0 Å². The fourth-order valence-corrected chi connectivity index (χ4v) is 2.86. The maximum Gasteiger partial charge on any atom is 0.235 e. The summed E-state index contributed by atoms with van der Waals surface area (Å²) in [6, 6.07) is 2.31. The number of amides is 1. The van der Waals surface area contributed by atoms with Gasteiger partial charge >= 0.3 is 0 Å². The van der Waals surface area contributed by atoms with Gasteiger partial charge in [0, 0.05) is 6.54 Å². The van der Waals surface area contributed by atoms with E-state index in [2.05, 4.69) is 11.4 Å². The minimum Gasteiger partial charge on any atom is -0.389 e. The summed E-state index contributed by atoms with van der Waals surface area (Å²) in [4.78, 5) is 13.9. The van der Waals surface area contributed by atoms with E-state index in [0.29, 0.717) is 6.54 Å². The van der Waals surface area contributed by atoms with Crippen LogP contribution in [0.25, 0.3) is 0 Å². The van der Waals surface area contributed by atoms with E-state index in [1.165, 1.54) is 0 Å². The van der Waals surface area contributed by atoms with Gasteiger partial charge in [0.05, 0.1) is 18.2 Å². The number of nitriles is 1. The number of carbonyl (C=O) groups excluding carboxylic acids is 1. The van der Waals surface area contributed by atoms with Crippen molar-refractivity contribution >= 4 is 5.91 Å². The van der Waals surface area contributed by atoms with Crippen LogP contribution < -0.4 is 5.32 Å². The number of rotatable bonds is 5. The monoisotopic (exact) mass is 281 g/mol. The van der Waals surface area contributed by atoms with Crippen LogP contribution in [0.2, 0.25) is 0 Å². The molecule has 1 fully saturated rings.